The number of anilines is 1. The van der Waals surface area contributed by atoms with E-state index >= 15 is 0 Å². The van der Waals surface area contributed by atoms with Crippen molar-refractivity contribution >= 4 is 39.1 Å². The second kappa shape index (κ2) is 8.49. The molecule has 0 saturated carbocycles. The first kappa shape index (κ1) is 25.5. The maximum absolute atomic E-state index is 13.5. The molecule has 36 heavy (non-hydrogen) atoms. The number of amides is 2. The van der Waals surface area contributed by atoms with Crippen molar-refractivity contribution in [2.24, 2.45) is 0 Å². The molecule has 2 heterocycles. The number of rotatable bonds is 5. The van der Waals surface area contributed by atoms with E-state index in [0.29, 0.717) is 17.7 Å². The molecular formula is C23H18ClF3N3O5S+. The number of pyridine rings is 1. The van der Waals surface area contributed by atoms with Crippen LogP contribution in [0.4, 0.5) is 18.9 Å². The molecule has 1 aromatic heterocycles. The Morgan fingerprint density at radius 2 is 1.56 bits per heavy atom. The first-order chi connectivity index (χ1) is 16.6. The van der Waals surface area contributed by atoms with E-state index in [4.69, 9.17) is 11.6 Å². The van der Waals surface area contributed by atoms with Crippen molar-refractivity contribution in [2.75, 3.05) is 4.72 Å². The molecular weight excluding hydrogens is 523 g/mol. The summed E-state index contributed by atoms with van der Waals surface area (Å²) in [4.78, 5) is 27.2. The number of carbonyl (C=O) groups excluding carboxylic acids is 2. The van der Waals surface area contributed by atoms with Gasteiger partial charge in [-0.1, -0.05) is 11.6 Å². The summed E-state index contributed by atoms with van der Waals surface area (Å²) in [7, 11) is -4.44. The number of fused-ring (bicyclic) bond motifs is 1. The smallest absolute Gasteiger partial charge is 0.285 e. The Balaban J connectivity index is 1.75. The molecule has 0 radical (unpaired) electrons. The van der Waals surface area contributed by atoms with E-state index in [-0.39, 0.29) is 21.8 Å². The molecule has 0 bridgehead atoms. The summed E-state index contributed by atoms with van der Waals surface area (Å²) in [6.07, 6.45) is -2.00. The minimum Gasteiger partial charge on any atom is -0.285 e. The summed E-state index contributed by atoms with van der Waals surface area (Å²) in [6.45, 7) is 3.12. The van der Waals surface area contributed by atoms with Gasteiger partial charge in [-0.2, -0.15) is 13.2 Å². The largest absolute Gasteiger partial charge is 0.416 e. The van der Waals surface area contributed by atoms with E-state index in [1.54, 1.807) is 19.9 Å². The molecule has 2 aromatic carbocycles. The summed E-state index contributed by atoms with van der Waals surface area (Å²) in [5.74, 6) is -1.63. The van der Waals surface area contributed by atoms with Gasteiger partial charge in [-0.05, 0) is 56.3 Å². The summed E-state index contributed by atoms with van der Waals surface area (Å²) < 4.78 is 67.3. The first-order valence-corrected chi connectivity index (χ1v) is 12.1. The third-order valence-electron chi connectivity index (χ3n) is 5.78. The molecule has 0 spiro atoms. The van der Waals surface area contributed by atoms with Crippen molar-refractivity contribution in [3.8, 4) is 0 Å². The van der Waals surface area contributed by atoms with Crippen LogP contribution in [-0.2, 0) is 21.7 Å². The lowest BCUT2D eigenvalue weighted by molar-refractivity contribution is -0.905. The quantitative estimate of drug-likeness (QED) is 0.286. The van der Waals surface area contributed by atoms with Gasteiger partial charge in [0.05, 0.1) is 37.8 Å². The van der Waals surface area contributed by atoms with Gasteiger partial charge in [0, 0.05) is 16.4 Å². The van der Waals surface area contributed by atoms with Crippen LogP contribution in [0.3, 0.4) is 0 Å². The summed E-state index contributed by atoms with van der Waals surface area (Å²) in [5, 5.41) is 9.69. The number of hydrogen-bond acceptors (Lipinski definition) is 5. The molecule has 0 atom stereocenters. The van der Waals surface area contributed by atoms with E-state index in [2.05, 4.69) is 4.72 Å². The number of hydrogen-bond donors (Lipinski definition) is 2. The van der Waals surface area contributed by atoms with Crippen LogP contribution in [0.2, 0.25) is 5.02 Å². The van der Waals surface area contributed by atoms with Gasteiger partial charge in [0.2, 0.25) is 12.4 Å². The van der Waals surface area contributed by atoms with Crippen LogP contribution in [-0.4, -0.2) is 30.3 Å². The molecule has 4 rings (SSSR count). The molecule has 2 N–H and O–H groups in total. The minimum atomic E-state index is -4.65. The van der Waals surface area contributed by atoms with Gasteiger partial charge in [0.25, 0.3) is 21.8 Å². The highest BCUT2D eigenvalue weighted by Crippen LogP contribution is 2.41. The number of sulfonamides is 1. The number of alkyl halides is 3. The van der Waals surface area contributed by atoms with Gasteiger partial charge >= 0.3 is 6.18 Å². The van der Waals surface area contributed by atoms with Crippen molar-refractivity contribution in [3.63, 3.8) is 0 Å². The Bertz CT molecular complexity index is 1510. The molecule has 1 aliphatic heterocycles. The van der Waals surface area contributed by atoms with Crippen molar-refractivity contribution in [3.05, 3.63) is 88.2 Å². The molecule has 188 valence electrons. The first-order valence-electron chi connectivity index (χ1n) is 10.3. The Morgan fingerprint density at radius 3 is 2.14 bits per heavy atom. The number of carbonyl (C=O) groups is 2. The zero-order valence-corrected chi connectivity index (χ0v) is 20.2. The number of nitrogens with one attached hydrogen (secondary N) is 1. The molecule has 1 aliphatic rings. The topological polar surface area (TPSA) is 108 Å². The maximum Gasteiger partial charge on any atom is 0.416 e. The van der Waals surface area contributed by atoms with E-state index in [9.17, 15) is 36.4 Å². The lowest BCUT2D eigenvalue weighted by atomic mass is 9.93. The highest BCUT2D eigenvalue weighted by atomic mass is 35.5. The van der Waals surface area contributed by atoms with Crippen LogP contribution in [0.25, 0.3) is 0 Å². The number of imide groups is 1. The van der Waals surface area contributed by atoms with Gasteiger partial charge in [0.15, 0.2) is 0 Å². The third-order valence-corrected chi connectivity index (χ3v) is 7.47. The van der Waals surface area contributed by atoms with Crippen molar-refractivity contribution in [2.45, 2.75) is 30.5 Å². The second-order valence-electron chi connectivity index (χ2n) is 8.45. The lowest BCUT2D eigenvalue weighted by Gasteiger charge is -2.33. The lowest BCUT2D eigenvalue weighted by Crippen LogP contribution is -2.46. The van der Waals surface area contributed by atoms with Crippen LogP contribution in [0.5, 0.6) is 0 Å². The molecule has 0 fully saturated rings. The molecule has 13 heteroatoms. The monoisotopic (exact) mass is 540 g/mol. The van der Waals surface area contributed by atoms with Crippen LogP contribution >= 0.6 is 11.6 Å². The fraction of sp³-hybridized carbons (Fsp3) is 0.174. The zero-order valence-electron chi connectivity index (χ0n) is 18.7. The van der Waals surface area contributed by atoms with Gasteiger partial charge in [-0.25, -0.2) is 8.42 Å². The Kier molecular flexibility index (Phi) is 6.00. The predicted octanol–water partition coefficient (Wildman–Crippen LogP) is 4.22. The van der Waals surface area contributed by atoms with Gasteiger partial charge in [-0.3, -0.25) is 24.4 Å². The Labute approximate surface area is 208 Å². The van der Waals surface area contributed by atoms with Crippen molar-refractivity contribution < 1.29 is 41.1 Å². The standard InChI is InChI=1S/C23H17ClF3N3O5S/c1-22(2,14-4-3-11-29(33)12-14)30-20(31)18-16(24)9-10-17(19(18)21(30)32)28-36(34,35)15-7-5-13(6-8-15)23(25,26)27/h3-12H,1-2H3,(H-,28,32,33)/p+1. The number of halogens is 4. The molecule has 2 amide bonds. The van der Waals surface area contributed by atoms with Crippen LogP contribution < -0.4 is 9.45 Å². The highest BCUT2D eigenvalue weighted by Gasteiger charge is 2.48. The predicted molar refractivity (Wildman–Crippen MR) is 121 cm³/mol. The van der Waals surface area contributed by atoms with Crippen LogP contribution in [0.15, 0.2) is 65.8 Å². The number of nitrogens with zero attached hydrogens (tertiary/aromatic N) is 2. The van der Waals surface area contributed by atoms with Gasteiger partial charge in [-0.15, -0.1) is 0 Å². The minimum absolute atomic E-state index is 0.0931. The maximum atomic E-state index is 13.5. The normalized spacial score (nSPS) is 14.2. The average Bonchev–Trinajstić information content (AvgIpc) is 3.07. The summed E-state index contributed by atoms with van der Waals surface area (Å²) in [6, 6.07) is 8.32. The van der Waals surface area contributed by atoms with Crippen molar-refractivity contribution in [1.82, 2.24) is 4.90 Å². The average molecular weight is 541 g/mol. The molecule has 0 unspecified atom stereocenters. The molecule has 0 aliphatic carbocycles. The number of benzene rings is 2. The zero-order chi connectivity index (χ0) is 26.6. The molecule has 0 saturated heterocycles. The third kappa shape index (κ3) is 4.26. The molecule has 3 aromatic rings. The Hall–Kier alpha value is -3.64. The molecule has 8 nitrogen and oxygen atoms in total. The SMILES string of the molecule is CC(C)(c1ccc[n+](O)c1)N1C(=O)c2c(Cl)ccc(NS(=O)(=O)c3ccc(C(F)(F)F)cc3)c2C1=O. The highest BCUT2D eigenvalue weighted by molar-refractivity contribution is 7.92. The van der Waals surface area contributed by atoms with E-state index in [0.717, 1.165) is 21.8 Å². The van der Waals surface area contributed by atoms with E-state index in [1.165, 1.54) is 30.6 Å². The van der Waals surface area contributed by atoms with Gasteiger partial charge in [0.1, 0.15) is 0 Å². The van der Waals surface area contributed by atoms with E-state index < -0.39 is 44.0 Å². The summed E-state index contributed by atoms with van der Waals surface area (Å²) >= 11 is 6.21. The van der Waals surface area contributed by atoms with Gasteiger partial charge < -0.3 is 0 Å². The number of aromatic nitrogens is 1. The second-order valence-corrected chi connectivity index (χ2v) is 10.5. The fourth-order valence-corrected chi connectivity index (χ4v) is 5.21. The summed E-state index contributed by atoms with van der Waals surface area (Å²) in [5.41, 5.74) is -2.72. The van der Waals surface area contributed by atoms with Crippen molar-refractivity contribution in [1.29, 1.82) is 0 Å². The van der Waals surface area contributed by atoms with E-state index in [1.807, 2.05) is 0 Å². The Morgan fingerprint density at radius 1 is 0.944 bits per heavy atom. The van der Waals surface area contributed by atoms with Crippen LogP contribution in [0.1, 0.15) is 45.7 Å². The van der Waals surface area contributed by atoms with Crippen LogP contribution in [0, 0.1) is 0 Å². The fourth-order valence-electron chi connectivity index (χ4n) is 3.90.